The monoisotopic (exact) mass is 264 g/mol. The second-order valence-electron chi connectivity index (χ2n) is 3.68. The number of ketones is 1. The fourth-order valence-electron chi connectivity index (χ4n) is 1.60. The molecule has 0 aliphatic rings. The Labute approximate surface area is 102 Å². The van der Waals surface area contributed by atoms with Gasteiger partial charge in [0.15, 0.2) is 5.78 Å². The van der Waals surface area contributed by atoms with Crippen LogP contribution < -0.4 is 0 Å². The number of hydrogen-bond donors (Lipinski definition) is 0. The fraction of sp³-hybridized carbons (Fsp3) is 0.417. The molecule has 0 aliphatic heterocycles. The first-order valence-electron chi connectivity index (χ1n) is 5.26. The maximum absolute atomic E-state index is 12.9. The molecule has 0 amide bonds. The van der Waals surface area contributed by atoms with Gasteiger partial charge < -0.3 is 4.74 Å². The second-order valence-corrected chi connectivity index (χ2v) is 3.68. The molecule has 0 saturated heterocycles. The highest BCUT2D eigenvalue weighted by atomic mass is 19.4. The third kappa shape index (κ3) is 3.29. The van der Waals surface area contributed by atoms with Crippen molar-refractivity contribution in [2.45, 2.75) is 26.1 Å². The lowest BCUT2D eigenvalue weighted by Crippen LogP contribution is -2.19. The largest absolute Gasteiger partial charge is 0.416 e. The predicted octanol–water partition coefficient (Wildman–Crippen LogP) is 3.51. The van der Waals surface area contributed by atoms with Crippen molar-refractivity contribution in [3.05, 3.63) is 35.1 Å². The highest BCUT2D eigenvalue weighted by molar-refractivity contribution is 5.82. The van der Waals surface area contributed by atoms with Gasteiger partial charge in [0.05, 0.1) is 5.56 Å². The maximum Gasteiger partial charge on any atom is 0.416 e. The van der Waals surface area contributed by atoms with Crippen molar-refractivity contribution in [1.29, 1.82) is 0 Å². The van der Waals surface area contributed by atoms with E-state index in [-0.39, 0.29) is 12.2 Å². The van der Waals surface area contributed by atoms with Crippen molar-refractivity contribution in [2.75, 3.05) is 6.61 Å². The average molecular weight is 264 g/mol. The van der Waals surface area contributed by atoms with Gasteiger partial charge in [-0.15, -0.1) is 0 Å². The van der Waals surface area contributed by atoms with Crippen molar-refractivity contribution in [3.63, 3.8) is 0 Å². The standard InChI is InChI=1S/C12H12F4O2/c1-3-18-11(7(2)17)9-5-4-8(13)6-10(9)12(14,15)16/h4-6,11H,3H2,1-2H3. The summed E-state index contributed by atoms with van der Waals surface area (Å²) in [5.41, 5.74) is -1.55. The number of carbonyl (C=O) groups excluding carboxylic acids is 1. The van der Waals surface area contributed by atoms with Crippen LogP contribution in [0.25, 0.3) is 0 Å². The second kappa shape index (κ2) is 5.48. The Kier molecular flexibility index (Phi) is 4.45. The van der Waals surface area contributed by atoms with Crippen LogP contribution in [-0.4, -0.2) is 12.4 Å². The first-order valence-corrected chi connectivity index (χ1v) is 5.26. The van der Waals surface area contributed by atoms with E-state index in [0.29, 0.717) is 6.07 Å². The molecule has 0 aromatic heterocycles. The lowest BCUT2D eigenvalue weighted by Gasteiger charge is -2.19. The van der Waals surface area contributed by atoms with E-state index in [1.54, 1.807) is 6.92 Å². The molecule has 0 fully saturated rings. The molecule has 1 atom stereocenters. The van der Waals surface area contributed by atoms with Crippen LogP contribution in [0.15, 0.2) is 18.2 Å². The Morgan fingerprint density at radius 2 is 2.00 bits per heavy atom. The van der Waals surface area contributed by atoms with Gasteiger partial charge in [0.25, 0.3) is 0 Å². The number of carbonyl (C=O) groups is 1. The molecule has 1 aromatic rings. The SMILES string of the molecule is CCOC(C(C)=O)c1ccc(F)cc1C(F)(F)F. The van der Waals surface area contributed by atoms with E-state index in [0.717, 1.165) is 19.1 Å². The summed E-state index contributed by atoms with van der Waals surface area (Å²) in [6.45, 7) is 2.77. The van der Waals surface area contributed by atoms with Crippen LogP contribution in [0.3, 0.4) is 0 Å². The van der Waals surface area contributed by atoms with Gasteiger partial charge in [0.2, 0.25) is 0 Å². The highest BCUT2D eigenvalue weighted by Gasteiger charge is 2.37. The molecule has 0 saturated carbocycles. The Morgan fingerprint density at radius 1 is 1.39 bits per heavy atom. The summed E-state index contributed by atoms with van der Waals surface area (Å²) >= 11 is 0. The zero-order valence-corrected chi connectivity index (χ0v) is 9.84. The molecule has 18 heavy (non-hydrogen) atoms. The van der Waals surface area contributed by atoms with Crippen LogP contribution in [0.2, 0.25) is 0 Å². The lowest BCUT2D eigenvalue weighted by molar-refractivity contribution is -0.141. The molecule has 0 spiro atoms. The van der Waals surface area contributed by atoms with E-state index in [1.165, 1.54) is 0 Å². The molecule has 6 heteroatoms. The maximum atomic E-state index is 12.9. The van der Waals surface area contributed by atoms with Crippen LogP contribution in [-0.2, 0) is 15.7 Å². The van der Waals surface area contributed by atoms with Crippen molar-refractivity contribution in [3.8, 4) is 0 Å². The molecule has 100 valence electrons. The Bertz CT molecular complexity index is 440. The van der Waals surface area contributed by atoms with E-state index in [9.17, 15) is 22.4 Å². The van der Waals surface area contributed by atoms with E-state index in [4.69, 9.17) is 4.74 Å². The Balaban J connectivity index is 3.33. The number of Topliss-reactive ketones (excluding diaryl/α,β-unsaturated/α-hetero) is 1. The summed E-state index contributed by atoms with van der Waals surface area (Å²) in [7, 11) is 0. The molecule has 0 aliphatic carbocycles. The van der Waals surface area contributed by atoms with Crippen LogP contribution in [0, 0.1) is 5.82 Å². The quantitative estimate of drug-likeness (QED) is 0.778. The zero-order valence-electron chi connectivity index (χ0n) is 9.84. The van der Waals surface area contributed by atoms with Gasteiger partial charge in [-0.05, 0) is 26.0 Å². The van der Waals surface area contributed by atoms with Crippen molar-refractivity contribution >= 4 is 5.78 Å². The molecule has 0 bridgehead atoms. The smallest absolute Gasteiger partial charge is 0.366 e. The molecule has 0 radical (unpaired) electrons. The first-order chi connectivity index (χ1) is 8.27. The number of hydrogen-bond acceptors (Lipinski definition) is 2. The predicted molar refractivity (Wildman–Crippen MR) is 56.5 cm³/mol. The molecule has 1 aromatic carbocycles. The minimum Gasteiger partial charge on any atom is -0.366 e. The number of rotatable bonds is 4. The van der Waals surface area contributed by atoms with Crippen molar-refractivity contribution < 1.29 is 27.1 Å². The topological polar surface area (TPSA) is 26.3 Å². The summed E-state index contributed by atoms with van der Waals surface area (Å²) in [6.07, 6.45) is -6.06. The van der Waals surface area contributed by atoms with E-state index in [1.807, 2.05) is 0 Å². The molecular weight excluding hydrogens is 252 g/mol. The average Bonchev–Trinajstić information content (AvgIpc) is 2.24. The lowest BCUT2D eigenvalue weighted by atomic mass is 9.99. The number of ether oxygens (including phenoxy) is 1. The fourth-order valence-corrected chi connectivity index (χ4v) is 1.60. The first kappa shape index (κ1) is 14.6. The minimum atomic E-state index is -4.73. The van der Waals surface area contributed by atoms with E-state index < -0.39 is 29.4 Å². The van der Waals surface area contributed by atoms with Gasteiger partial charge in [0, 0.05) is 12.2 Å². The molecule has 1 unspecified atom stereocenters. The third-order valence-electron chi connectivity index (χ3n) is 2.31. The molecule has 1 rings (SSSR count). The number of benzene rings is 1. The van der Waals surface area contributed by atoms with Crippen LogP contribution in [0.4, 0.5) is 17.6 Å². The van der Waals surface area contributed by atoms with Crippen LogP contribution >= 0.6 is 0 Å². The minimum absolute atomic E-state index is 0.0823. The summed E-state index contributed by atoms with van der Waals surface area (Å²) in [6, 6.07) is 2.17. The highest BCUT2D eigenvalue weighted by Crippen LogP contribution is 2.36. The van der Waals surface area contributed by atoms with Crippen molar-refractivity contribution in [1.82, 2.24) is 0 Å². The third-order valence-corrected chi connectivity index (χ3v) is 2.31. The number of halogens is 4. The van der Waals surface area contributed by atoms with Gasteiger partial charge >= 0.3 is 6.18 Å². The summed E-state index contributed by atoms with van der Waals surface area (Å²) in [5.74, 6) is -1.57. The van der Waals surface area contributed by atoms with E-state index >= 15 is 0 Å². The normalized spacial score (nSPS) is 13.4. The number of alkyl halides is 3. The van der Waals surface area contributed by atoms with Gasteiger partial charge in [-0.25, -0.2) is 4.39 Å². The van der Waals surface area contributed by atoms with Gasteiger partial charge in [-0.3, -0.25) is 4.79 Å². The Hall–Kier alpha value is -1.43. The molecule has 2 nitrogen and oxygen atoms in total. The molecule has 0 heterocycles. The Morgan fingerprint density at radius 3 is 2.44 bits per heavy atom. The van der Waals surface area contributed by atoms with Crippen LogP contribution in [0.1, 0.15) is 31.1 Å². The van der Waals surface area contributed by atoms with Gasteiger partial charge in [0.1, 0.15) is 11.9 Å². The van der Waals surface area contributed by atoms with Gasteiger partial charge in [-0.2, -0.15) is 13.2 Å². The summed E-state index contributed by atoms with van der Waals surface area (Å²) < 4.78 is 56.2. The zero-order chi connectivity index (χ0) is 13.9. The summed E-state index contributed by atoms with van der Waals surface area (Å²) in [4.78, 5) is 11.3. The van der Waals surface area contributed by atoms with Gasteiger partial charge in [-0.1, -0.05) is 6.07 Å². The summed E-state index contributed by atoms with van der Waals surface area (Å²) in [5, 5.41) is 0. The molecular formula is C12H12F4O2. The molecule has 0 N–H and O–H groups in total. The van der Waals surface area contributed by atoms with Crippen molar-refractivity contribution in [2.24, 2.45) is 0 Å². The van der Waals surface area contributed by atoms with Crippen LogP contribution in [0.5, 0.6) is 0 Å². The van der Waals surface area contributed by atoms with E-state index in [2.05, 4.69) is 0 Å².